The van der Waals surface area contributed by atoms with Crippen molar-refractivity contribution in [1.29, 1.82) is 0 Å². The summed E-state index contributed by atoms with van der Waals surface area (Å²) in [7, 11) is 0. The Morgan fingerprint density at radius 1 is 1.29 bits per heavy atom. The minimum atomic E-state index is -1.89. The highest BCUT2D eigenvalue weighted by Gasteiger charge is 2.75. The number of aliphatic hydroxyl groups excluding tert-OH is 2. The number of allylic oxidation sites excluding steroid dienone is 1. The second-order valence-electron chi connectivity index (χ2n) is 10.1. The van der Waals surface area contributed by atoms with Crippen LogP contribution in [0.4, 0.5) is 4.39 Å². The fourth-order valence-corrected chi connectivity index (χ4v) is 7.62. The smallest absolute Gasteiger partial charge is 0.190 e. The van der Waals surface area contributed by atoms with Crippen LogP contribution in [0.2, 0.25) is 0 Å². The number of alkyl halides is 1. The third-order valence-electron chi connectivity index (χ3n) is 9.19. The van der Waals surface area contributed by atoms with Gasteiger partial charge in [0.05, 0.1) is 6.10 Å². The maximum Gasteiger partial charge on any atom is 0.190 e. The Morgan fingerprint density at radius 2 is 1.96 bits per heavy atom. The van der Waals surface area contributed by atoms with Gasteiger partial charge in [-0.25, -0.2) is 4.39 Å². The van der Waals surface area contributed by atoms with Gasteiger partial charge >= 0.3 is 0 Å². The predicted octanol–water partition coefficient (Wildman–Crippen LogP) is 2.12. The molecule has 0 heterocycles. The number of hydrogen-bond donors (Lipinski definition) is 3. The predicted molar refractivity (Wildman–Crippen MR) is 100 cm³/mol. The average molecular weight is 394 g/mol. The van der Waals surface area contributed by atoms with Crippen LogP contribution in [0, 0.1) is 28.6 Å². The van der Waals surface area contributed by atoms with Crippen molar-refractivity contribution < 1.29 is 29.3 Å². The van der Waals surface area contributed by atoms with Crippen molar-refractivity contribution in [2.75, 3.05) is 6.61 Å². The van der Waals surface area contributed by atoms with E-state index >= 15 is 4.39 Å². The molecule has 28 heavy (non-hydrogen) atoms. The van der Waals surface area contributed by atoms with E-state index in [1.54, 1.807) is 19.9 Å². The van der Waals surface area contributed by atoms with Gasteiger partial charge in [-0.2, -0.15) is 0 Å². The first kappa shape index (κ1) is 20.2. The average Bonchev–Trinajstić information content (AvgIpc) is 2.84. The van der Waals surface area contributed by atoms with E-state index in [4.69, 9.17) is 0 Å². The Morgan fingerprint density at radius 3 is 2.61 bits per heavy atom. The van der Waals surface area contributed by atoms with Gasteiger partial charge in [0.25, 0.3) is 0 Å². The highest BCUT2D eigenvalue weighted by atomic mass is 19.1. The summed E-state index contributed by atoms with van der Waals surface area (Å²) in [6, 6.07) is 0. The molecule has 5 nitrogen and oxygen atoms in total. The van der Waals surface area contributed by atoms with Gasteiger partial charge in [-0.05, 0) is 50.0 Å². The third kappa shape index (κ3) is 2.07. The molecule has 8 atom stereocenters. The van der Waals surface area contributed by atoms with Gasteiger partial charge in [-0.1, -0.05) is 26.3 Å². The molecule has 4 aliphatic rings. The molecule has 0 aliphatic heterocycles. The number of ketones is 2. The van der Waals surface area contributed by atoms with Gasteiger partial charge in [-0.15, -0.1) is 0 Å². The summed E-state index contributed by atoms with van der Waals surface area (Å²) >= 11 is 0. The molecule has 0 amide bonds. The van der Waals surface area contributed by atoms with Gasteiger partial charge in [0.1, 0.15) is 17.9 Å². The van der Waals surface area contributed by atoms with Crippen LogP contribution in [0.3, 0.4) is 0 Å². The van der Waals surface area contributed by atoms with Crippen LogP contribution in [0.5, 0.6) is 0 Å². The third-order valence-corrected chi connectivity index (χ3v) is 9.19. The first-order valence-electron chi connectivity index (χ1n) is 10.4. The first-order valence-corrected chi connectivity index (χ1v) is 10.4. The molecule has 4 aliphatic carbocycles. The molecule has 4 rings (SSSR count). The molecular weight excluding hydrogens is 363 g/mol. The summed E-state index contributed by atoms with van der Waals surface area (Å²) in [6.45, 7) is 4.61. The molecule has 6 heteroatoms. The maximum absolute atomic E-state index is 16.9. The lowest BCUT2D eigenvalue weighted by molar-refractivity contribution is -0.228. The molecule has 3 N–H and O–H groups in total. The van der Waals surface area contributed by atoms with E-state index in [0.717, 1.165) is 5.57 Å². The number of rotatable bonds is 2. The molecule has 0 spiro atoms. The summed E-state index contributed by atoms with van der Waals surface area (Å²) < 4.78 is 16.9. The van der Waals surface area contributed by atoms with E-state index in [2.05, 4.69) is 0 Å². The Kier molecular flexibility index (Phi) is 4.29. The SMILES string of the molecule is C[C@H]1C[C@@H]2[C@@H]3CCC4=CC(=O)CC[C@]4(C)[C@@]3(F)[C@H](O)C[C@@]2(C)[C@@]1(O)C(=O)CO. The summed E-state index contributed by atoms with van der Waals surface area (Å²) in [4.78, 5) is 24.5. The van der Waals surface area contributed by atoms with Gasteiger partial charge in [0, 0.05) is 23.2 Å². The Bertz CT molecular complexity index is 764. The summed E-state index contributed by atoms with van der Waals surface area (Å²) in [5, 5.41) is 32.0. The number of carbonyl (C=O) groups excluding carboxylic acids is 2. The highest BCUT2D eigenvalue weighted by molar-refractivity contribution is 5.92. The van der Waals surface area contributed by atoms with Crippen LogP contribution in [0.1, 0.15) is 59.3 Å². The van der Waals surface area contributed by atoms with Crippen molar-refractivity contribution in [3.63, 3.8) is 0 Å². The number of carbonyl (C=O) groups is 2. The number of halogens is 1. The molecule has 156 valence electrons. The molecule has 0 aromatic carbocycles. The Balaban J connectivity index is 1.83. The molecule has 3 saturated carbocycles. The van der Waals surface area contributed by atoms with Gasteiger partial charge in [-0.3, -0.25) is 9.59 Å². The van der Waals surface area contributed by atoms with E-state index in [-0.39, 0.29) is 24.5 Å². The Hall–Kier alpha value is -1.11. The molecule has 0 saturated heterocycles. The van der Waals surface area contributed by atoms with Crippen LogP contribution in [-0.4, -0.2) is 50.9 Å². The van der Waals surface area contributed by atoms with Crippen molar-refractivity contribution in [3.8, 4) is 0 Å². The number of Topliss-reactive ketones (excluding diaryl/α,β-unsaturated/α-hetero) is 1. The second-order valence-corrected chi connectivity index (χ2v) is 10.1. The highest BCUT2D eigenvalue weighted by Crippen LogP contribution is 2.71. The zero-order valence-electron chi connectivity index (χ0n) is 16.9. The van der Waals surface area contributed by atoms with E-state index in [0.29, 0.717) is 25.7 Å². The van der Waals surface area contributed by atoms with Crippen LogP contribution in [0.15, 0.2) is 11.6 Å². The lowest BCUT2D eigenvalue weighted by atomic mass is 9.44. The van der Waals surface area contributed by atoms with Crippen molar-refractivity contribution in [2.24, 2.45) is 28.6 Å². The lowest BCUT2D eigenvalue weighted by Gasteiger charge is -2.63. The molecule has 0 aromatic rings. The largest absolute Gasteiger partial charge is 0.390 e. The molecule has 0 radical (unpaired) electrons. The molecule has 0 bridgehead atoms. The topological polar surface area (TPSA) is 94.8 Å². The molecular formula is C22H31FO5. The fourth-order valence-electron chi connectivity index (χ4n) is 7.62. The molecule has 0 aromatic heterocycles. The molecule has 0 unspecified atom stereocenters. The Labute approximate surface area is 165 Å². The minimum absolute atomic E-state index is 0.0158. The van der Waals surface area contributed by atoms with E-state index in [1.807, 2.05) is 6.92 Å². The minimum Gasteiger partial charge on any atom is -0.390 e. The monoisotopic (exact) mass is 394 g/mol. The normalized spacial score (nSPS) is 53.1. The van der Waals surface area contributed by atoms with Gasteiger partial charge in [0.2, 0.25) is 0 Å². The van der Waals surface area contributed by atoms with Gasteiger partial charge in [0.15, 0.2) is 11.6 Å². The van der Waals surface area contributed by atoms with Gasteiger partial charge < -0.3 is 15.3 Å². The quantitative estimate of drug-likeness (QED) is 0.667. The van der Waals surface area contributed by atoms with Crippen LogP contribution >= 0.6 is 0 Å². The van der Waals surface area contributed by atoms with Crippen LogP contribution in [-0.2, 0) is 9.59 Å². The molecule has 3 fully saturated rings. The summed E-state index contributed by atoms with van der Waals surface area (Å²) in [5.41, 5.74) is -4.77. The zero-order valence-corrected chi connectivity index (χ0v) is 16.9. The standard InChI is InChI=1S/C22H31FO5/c1-12-8-16-15-5-4-13-9-14(25)6-7-19(13,2)21(15,23)17(26)10-20(16,3)22(12,28)18(27)11-24/h9,12,15-17,24,26,28H,4-8,10-11H2,1-3H3/t12-,15-,16+,17+,19-,20+,21-,22-/m0/s1. The summed E-state index contributed by atoms with van der Waals surface area (Å²) in [6.07, 6.45) is 2.41. The van der Waals surface area contributed by atoms with Crippen LogP contribution < -0.4 is 0 Å². The van der Waals surface area contributed by atoms with Crippen molar-refractivity contribution >= 4 is 11.6 Å². The number of aliphatic hydroxyl groups is 3. The van der Waals surface area contributed by atoms with Crippen molar-refractivity contribution in [3.05, 3.63) is 11.6 Å². The maximum atomic E-state index is 16.9. The van der Waals surface area contributed by atoms with E-state index in [1.165, 1.54) is 0 Å². The number of hydrogen-bond acceptors (Lipinski definition) is 5. The fraction of sp³-hybridized carbons (Fsp3) is 0.818. The van der Waals surface area contributed by atoms with E-state index < -0.39 is 52.4 Å². The van der Waals surface area contributed by atoms with E-state index in [9.17, 15) is 24.9 Å². The first-order chi connectivity index (χ1) is 13.0. The second kappa shape index (κ2) is 5.96. The zero-order chi connectivity index (χ0) is 20.7. The number of fused-ring (bicyclic) bond motifs is 5. The van der Waals surface area contributed by atoms with Crippen molar-refractivity contribution in [2.45, 2.75) is 76.7 Å². The van der Waals surface area contributed by atoms with Crippen molar-refractivity contribution in [1.82, 2.24) is 0 Å². The van der Waals surface area contributed by atoms with Crippen LogP contribution in [0.25, 0.3) is 0 Å². The lowest BCUT2D eigenvalue weighted by Crippen LogP contribution is -2.69. The summed E-state index contributed by atoms with van der Waals surface area (Å²) in [5.74, 6) is -1.82.